The first-order valence-electron chi connectivity index (χ1n) is 7.91. The lowest BCUT2D eigenvalue weighted by atomic mass is 10.2. The van der Waals surface area contributed by atoms with Crippen LogP contribution < -0.4 is 5.32 Å². The third kappa shape index (κ3) is 3.51. The van der Waals surface area contributed by atoms with Gasteiger partial charge >= 0.3 is 0 Å². The van der Waals surface area contributed by atoms with Gasteiger partial charge in [-0.2, -0.15) is 4.98 Å². The number of nitrogens with one attached hydrogen (secondary N) is 1. The van der Waals surface area contributed by atoms with Gasteiger partial charge in [0.15, 0.2) is 5.82 Å². The maximum atomic E-state index is 5.78. The fraction of sp³-hybridized carbons (Fsp3) is 0.333. The van der Waals surface area contributed by atoms with Crippen LogP contribution in [0.1, 0.15) is 50.2 Å². The first kappa shape index (κ1) is 15.5. The molecule has 0 bridgehead atoms. The van der Waals surface area contributed by atoms with Crippen LogP contribution in [0.25, 0.3) is 11.5 Å². The summed E-state index contributed by atoms with van der Waals surface area (Å²) >= 11 is 0. The third-order valence-electron chi connectivity index (χ3n) is 3.81. The molecule has 5 heteroatoms. The van der Waals surface area contributed by atoms with Gasteiger partial charge < -0.3 is 8.94 Å². The lowest BCUT2D eigenvalue weighted by Gasteiger charge is -2.15. The van der Waals surface area contributed by atoms with Crippen LogP contribution in [0.4, 0.5) is 0 Å². The predicted molar refractivity (Wildman–Crippen MR) is 87.8 cm³/mol. The average Bonchev–Trinajstić information content (AvgIpc) is 3.25. The number of aryl methyl sites for hydroxylation is 1. The molecule has 0 aliphatic heterocycles. The van der Waals surface area contributed by atoms with Gasteiger partial charge in [-0.1, -0.05) is 30.3 Å². The van der Waals surface area contributed by atoms with Gasteiger partial charge in [0.25, 0.3) is 5.89 Å². The number of nitrogens with zero attached hydrogens (tertiary/aromatic N) is 2. The topological polar surface area (TPSA) is 64.1 Å². The van der Waals surface area contributed by atoms with Crippen molar-refractivity contribution in [3.05, 3.63) is 59.8 Å². The van der Waals surface area contributed by atoms with Crippen LogP contribution in [-0.2, 0) is 6.42 Å². The number of hydrogen-bond acceptors (Lipinski definition) is 5. The molecule has 1 aromatic carbocycles. The van der Waals surface area contributed by atoms with Crippen molar-refractivity contribution in [3.8, 4) is 11.5 Å². The standard InChI is InChI=1S/C18H21N3O2/c1-4-15-10-11-16(22-15)12(2)19-13(3)17-20-18(23-21-17)14-8-6-5-7-9-14/h5-13,19H,4H2,1-3H3. The zero-order chi connectivity index (χ0) is 16.2. The monoisotopic (exact) mass is 311 g/mol. The Labute approximate surface area is 135 Å². The van der Waals surface area contributed by atoms with Crippen LogP contribution in [0.2, 0.25) is 0 Å². The van der Waals surface area contributed by atoms with Crippen molar-refractivity contribution in [1.29, 1.82) is 0 Å². The summed E-state index contributed by atoms with van der Waals surface area (Å²) in [7, 11) is 0. The number of furan rings is 1. The normalized spacial score (nSPS) is 13.9. The molecule has 2 unspecified atom stereocenters. The minimum Gasteiger partial charge on any atom is -0.464 e. The van der Waals surface area contributed by atoms with E-state index in [-0.39, 0.29) is 12.1 Å². The molecule has 0 spiro atoms. The molecule has 0 saturated heterocycles. The summed E-state index contributed by atoms with van der Waals surface area (Å²) in [6, 6.07) is 13.8. The first-order chi connectivity index (χ1) is 11.2. The van der Waals surface area contributed by atoms with E-state index in [1.807, 2.05) is 49.4 Å². The molecule has 0 radical (unpaired) electrons. The van der Waals surface area contributed by atoms with Crippen LogP contribution in [0.3, 0.4) is 0 Å². The Bertz CT molecular complexity index is 748. The summed E-state index contributed by atoms with van der Waals surface area (Å²) in [5, 5.41) is 7.52. The quantitative estimate of drug-likeness (QED) is 0.735. The zero-order valence-corrected chi connectivity index (χ0v) is 13.6. The molecule has 120 valence electrons. The van der Waals surface area contributed by atoms with E-state index in [4.69, 9.17) is 8.94 Å². The van der Waals surface area contributed by atoms with Gasteiger partial charge in [-0.25, -0.2) is 0 Å². The Morgan fingerprint density at radius 2 is 1.83 bits per heavy atom. The smallest absolute Gasteiger partial charge is 0.257 e. The molecule has 2 heterocycles. The van der Waals surface area contributed by atoms with Crippen LogP contribution >= 0.6 is 0 Å². The Morgan fingerprint density at radius 1 is 1.04 bits per heavy atom. The lowest BCUT2D eigenvalue weighted by molar-refractivity contribution is 0.368. The Balaban J connectivity index is 1.68. The number of benzene rings is 1. The van der Waals surface area contributed by atoms with Gasteiger partial charge in [0.1, 0.15) is 11.5 Å². The largest absolute Gasteiger partial charge is 0.464 e. The highest BCUT2D eigenvalue weighted by Gasteiger charge is 2.19. The van der Waals surface area contributed by atoms with Crippen molar-refractivity contribution in [1.82, 2.24) is 15.5 Å². The van der Waals surface area contributed by atoms with Crippen molar-refractivity contribution < 1.29 is 8.94 Å². The van der Waals surface area contributed by atoms with E-state index in [2.05, 4.69) is 29.3 Å². The molecule has 3 rings (SSSR count). The molecule has 0 fully saturated rings. The highest BCUT2D eigenvalue weighted by atomic mass is 16.5. The minimum absolute atomic E-state index is 0.0404. The van der Waals surface area contributed by atoms with Gasteiger partial charge in [-0.3, -0.25) is 5.32 Å². The van der Waals surface area contributed by atoms with Crippen molar-refractivity contribution in [2.45, 2.75) is 39.3 Å². The number of aromatic nitrogens is 2. The van der Waals surface area contributed by atoms with Gasteiger partial charge in [-0.05, 0) is 38.1 Å². The van der Waals surface area contributed by atoms with E-state index in [0.717, 1.165) is 23.5 Å². The average molecular weight is 311 g/mol. The maximum absolute atomic E-state index is 5.78. The molecular formula is C18H21N3O2. The summed E-state index contributed by atoms with van der Waals surface area (Å²) in [6.07, 6.45) is 0.896. The summed E-state index contributed by atoms with van der Waals surface area (Å²) in [5.74, 6) is 3.08. The summed E-state index contributed by atoms with van der Waals surface area (Å²) in [5.41, 5.74) is 0.921. The van der Waals surface area contributed by atoms with Crippen LogP contribution in [-0.4, -0.2) is 10.1 Å². The van der Waals surface area contributed by atoms with Crippen LogP contribution in [0.15, 0.2) is 51.4 Å². The molecule has 0 saturated carbocycles. The van der Waals surface area contributed by atoms with Crippen molar-refractivity contribution in [2.75, 3.05) is 0 Å². The molecular weight excluding hydrogens is 290 g/mol. The molecule has 0 amide bonds. The van der Waals surface area contributed by atoms with Crippen molar-refractivity contribution in [3.63, 3.8) is 0 Å². The second-order valence-corrected chi connectivity index (χ2v) is 5.59. The maximum Gasteiger partial charge on any atom is 0.257 e. The van der Waals surface area contributed by atoms with E-state index in [1.165, 1.54) is 0 Å². The zero-order valence-electron chi connectivity index (χ0n) is 13.6. The van der Waals surface area contributed by atoms with E-state index in [0.29, 0.717) is 11.7 Å². The molecule has 0 aliphatic rings. The van der Waals surface area contributed by atoms with E-state index >= 15 is 0 Å². The predicted octanol–water partition coefficient (Wildman–Crippen LogP) is 4.30. The Kier molecular flexibility index (Phi) is 4.57. The van der Waals surface area contributed by atoms with E-state index in [9.17, 15) is 0 Å². The fourth-order valence-corrected chi connectivity index (χ4v) is 2.46. The second kappa shape index (κ2) is 6.79. The lowest BCUT2D eigenvalue weighted by Crippen LogP contribution is -2.23. The summed E-state index contributed by atoms with van der Waals surface area (Å²) in [6.45, 7) is 6.15. The van der Waals surface area contributed by atoms with Gasteiger partial charge in [0.05, 0.1) is 12.1 Å². The minimum atomic E-state index is -0.0404. The molecule has 1 N–H and O–H groups in total. The SMILES string of the molecule is CCc1ccc(C(C)NC(C)c2noc(-c3ccccc3)n2)o1. The van der Waals surface area contributed by atoms with Crippen molar-refractivity contribution >= 4 is 0 Å². The molecule has 2 atom stereocenters. The molecule has 0 aliphatic carbocycles. The molecule has 3 aromatic rings. The van der Waals surface area contributed by atoms with E-state index in [1.54, 1.807) is 0 Å². The first-order valence-corrected chi connectivity index (χ1v) is 7.91. The van der Waals surface area contributed by atoms with Crippen molar-refractivity contribution in [2.24, 2.45) is 0 Å². The van der Waals surface area contributed by atoms with E-state index < -0.39 is 0 Å². The Hall–Kier alpha value is -2.40. The number of hydrogen-bond donors (Lipinski definition) is 1. The van der Waals surface area contributed by atoms with Gasteiger partial charge in [-0.15, -0.1) is 0 Å². The summed E-state index contributed by atoms with van der Waals surface area (Å²) < 4.78 is 11.1. The second-order valence-electron chi connectivity index (χ2n) is 5.59. The third-order valence-corrected chi connectivity index (χ3v) is 3.81. The van der Waals surface area contributed by atoms with Crippen LogP contribution in [0, 0.1) is 0 Å². The fourth-order valence-electron chi connectivity index (χ4n) is 2.46. The highest BCUT2D eigenvalue weighted by molar-refractivity contribution is 5.52. The van der Waals surface area contributed by atoms with Gasteiger partial charge in [0.2, 0.25) is 0 Å². The van der Waals surface area contributed by atoms with Crippen LogP contribution in [0.5, 0.6) is 0 Å². The number of rotatable bonds is 6. The van der Waals surface area contributed by atoms with Gasteiger partial charge in [0, 0.05) is 12.0 Å². The summed E-state index contributed by atoms with van der Waals surface area (Å²) in [4.78, 5) is 4.48. The molecule has 23 heavy (non-hydrogen) atoms. The molecule has 2 aromatic heterocycles. The highest BCUT2D eigenvalue weighted by Crippen LogP contribution is 2.22. The molecule has 5 nitrogen and oxygen atoms in total. The Morgan fingerprint density at radius 3 is 2.52 bits per heavy atom.